The first-order valence-electron chi connectivity index (χ1n) is 25.2. The molecular formula is C57H59F4N7O5. The number of methoxy groups -OCH3 is 2. The van der Waals surface area contributed by atoms with Crippen LogP contribution in [0.5, 0.6) is 17.5 Å². The Morgan fingerprint density at radius 1 is 0.904 bits per heavy atom. The molecule has 0 unspecified atom stereocenters. The zero-order chi connectivity index (χ0) is 51.1. The first-order valence-corrected chi connectivity index (χ1v) is 25.2. The van der Waals surface area contributed by atoms with E-state index in [9.17, 15) is 4.79 Å². The van der Waals surface area contributed by atoms with Gasteiger partial charge in [-0.05, 0) is 118 Å². The van der Waals surface area contributed by atoms with Gasteiger partial charge in [0.2, 0.25) is 0 Å². The molecule has 7 heterocycles. The van der Waals surface area contributed by atoms with Gasteiger partial charge in [-0.15, -0.1) is 6.42 Å². The predicted molar refractivity (Wildman–Crippen MR) is 271 cm³/mol. The Balaban J connectivity index is 1.11. The normalized spacial score (nSPS) is 23.3. The molecule has 5 aliphatic heterocycles. The summed E-state index contributed by atoms with van der Waals surface area (Å²) < 4.78 is 91.6. The number of benzene rings is 4. The third-order valence-electron chi connectivity index (χ3n) is 15.7. The first kappa shape index (κ1) is 48.4. The predicted octanol–water partition coefficient (Wildman–Crippen LogP) is 10.6. The van der Waals surface area contributed by atoms with E-state index in [2.05, 4.69) is 15.7 Å². The van der Waals surface area contributed by atoms with Crippen molar-refractivity contribution in [2.45, 2.75) is 115 Å². The van der Waals surface area contributed by atoms with Crippen LogP contribution in [0.15, 0.2) is 66.7 Å². The summed E-state index contributed by atoms with van der Waals surface area (Å²) in [6.07, 6.45) is 7.98. The van der Waals surface area contributed by atoms with E-state index in [4.69, 9.17) is 40.3 Å². The highest BCUT2D eigenvalue weighted by atomic mass is 19.1. The van der Waals surface area contributed by atoms with Gasteiger partial charge in [-0.3, -0.25) is 9.80 Å². The average Bonchev–Trinajstić information content (AvgIpc) is 3.99. The van der Waals surface area contributed by atoms with Crippen LogP contribution in [-0.2, 0) is 24.2 Å². The van der Waals surface area contributed by atoms with E-state index in [1.54, 1.807) is 26.4 Å². The second kappa shape index (κ2) is 18.6. The van der Waals surface area contributed by atoms with Gasteiger partial charge in [0.25, 0.3) is 0 Å². The van der Waals surface area contributed by atoms with Gasteiger partial charge in [0, 0.05) is 43.5 Å². The lowest BCUT2D eigenvalue weighted by Crippen LogP contribution is -2.63. The van der Waals surface area contributed by atoms with Crippen LogP contribution in [0.3, 0.4) is 0 Å². The number of fused-ring (bicyclic) bond motifs is 7. The van der Waals surface area contributed by atoms with Gasteiger partial charge in [-0.1, -0.05) is 43.2 Å². The van der Waals surface area contributed by atoms with E-state index in [1.165, 1.54) is 6.07 Å². The Morgan fingerprint density at radius 3 is 2.26 bits per heavy atom. The van der Waals surface area contributed by atoms with Crippen molar-refractivity contribution >= 4 is 39.4 Å². The number of hydrogen-bond acceptors (Lipinski definition) is 11. The van der Waals surface area contributed by atoms with Crippen molar-refractivity contribution in [1.82, 2.24) is 24.8 Å². The van der Waals surface area contributed by atoms with Crippen LogP contribution in [0.4, 0.5) is 34.0 Å². The number of alkyl halides is 1. The number of carbonyl (C=O) groups excluding carboxylic acids is 1. The number of anilines is 2. The summed E-state index contributed by atoms with van der Waals surface area (Å²) in [5.74, 6) is 1.42. The van der Waals surface area contributed by atoms with Crippen molar-refractivity contribution in [1.29, 1.82) is 0 Å². The Labute approximate surface area is 422 Å². The van der Waals surface area contributed by atoms with E-state index in [0.717, 1.165) is 24.1 Å². The van der Waals surface area contributed by atoms with Gasteiger partial charge >= 0.3 is 12.1 Å². The summed E-state index contributed by atoms with van der Waals surface area (Å²) in [5, 5.41) is 0.648. The standard InChI is InChI=1S/C57H59F4N7O5/c1-8-40-42(59)20-14-35-25-44(65(27-33-10-16-38(70-6)17-11-33)28-34-12-18-39(71-7)19-13-34)62-50(45(35)40)47-48(60)41-24-32(2)52-43-21-15-37(68(43)55(69)73-56(3,4)5)30-67(52)53-46(41)51(49(47)61)63-54(64-53)72-31-57-22-9-23-66(57)29-36(58)26-57/h1,10-14,16-20,25,32,36-37,43,52H,9,15,21-24,26-31H2,2-7H3/t32-,36+,37+,43-,52-,57-/m0/s1. The number of piperazine rings is 1. The van der Waals surface area contributed by atoms with Gasteiger partial charge in [0.05, 0.1) is 60.1 Å². The lowest BCUT2D eigenvalue weighted by molar-refractivity contribution is 0.00488. The summed E-state index contributed by atoms with van der Waals surface area (Å²) in [5.41, 5.74) is -0.512. The Bertz CT molecular complexity index is 3130. The second-order valence-electron chi connectivity index (χ2n) is 21.5. The fourth-order valence-electron chi connectivity index (χ4n) is 12.5. The Kier molecular flexibility index (Phi) is 12.3. The maximum Gasteiger partial charge on any atom is 0.410 e. The minimum Gasteiger partial charge on any atom is -0.497 e. The molecule has 380 valence electrons. The molecule has 11 rings (SSSR count). The maximum atomic E-state index is 18.5. The highest BCUT2D eigenvalue weighted by molar-refractivity contribution is 6.04. The zero-order valence-corrected chi connectivity index (χ0v) is 42.0. The molecule has 5 aliphatic rings. The summed E-state index contributed by atoms with van der Waals surface area (Å²) in [6, 6.07) is 18.5. The molecule has 12 nitrogen and oxygen atoms in total. The molecule has 6 aromatic rings. The Hall–Kier alpha value is -6.86. The average molecular weight is 998 g/mol. The van der Waals surface area contributed by atoms with E-state index < -0.39 is 52.5 Å². The molecule has 0 N–H and O–H groups in total. The molecule has 0 saturated carbocycles. The van der Waals surface area contributed by atoms with Crippen LogP contribution < -0.4 is 24.0 Å². The summed E-state index contributed by atoms with van der Waals surface area (Å²) in [6.45, 7) is 9.54. The highest BCUT2D eigenvalue weighted by Gasteiger charge is 2.54. The van der Waals surface area contributed by atoms with Crippen LogP contribution in [0.1, 0.15) is 82.1 Å². The number of amides is 1. The minimum atomic E-state index is -1.05. The molecule has 6 atom stereocenters. The minimum absolute atomic E-state index is 0.0574. The molecular weight excluding hydrogens is 939 g/mol. The summed E-state index contributed by atoms with van der Waals surface area (Å²) >= 11 is 0. The number of ether oxygens (including phenoxy) is 4. The quantitative estimate of drug-likeness (QED) is 0.0915. The van der Waals surface area contributed by atoms with Crippen LogP contribution >= 0.6 is 0 Å². The number of nitrogens with zero attached hydrogens (tertiary/aromatic N) is 7. The zero-order valence-electron chi connectivity index (χ0n) is 42.0. The van der Waals surface area contributed by atoms with Crippen LogP contribution in [0.25, 0.3) is 32.9 Å². The van der Waals surface area contributed by atoms with E-state index >= 15 is 17.6 Å². The summed E-state index contributed by atoms with van der Waals surface area (Å²) in [7, 11) is 3.19. The molecule has 2 aromatic heterocycles. The van der Waals surface area contributed by atoms with Crippen molar-refractivity contribution in [2.75, 3.05) is 50.3 Å². The molecule has 73 heavy (non-hydrogen) atoms. The van der Waals surface area contributed by atoms with Crippen LogP contribution in [0, 0.1) is 35.7 Å². The van der Waals surface area contributed by atoms with Crippen molar-refractivity contribution in [2.24, 2.45) is 5.92 Å². The van der Waals surface area contributed by atoms with E-state index in [-0.39, 0.29) is 82.4 Å². The summed E-state index contributed by atoms with van der Waals surface area (Å²) in [4.78, 5) is 37.0. The van der Waals surface area contributed by atoms with Gasteiger partial charge in [0.15, 0.2) is 5.82 Å². The fraction of sp³-hybridized carbons (Fsp3) is 0.439. The number of pyridine rings is 1. The van der Waals surface area contributed by atoms with E-state index in [1.807, 2.05) is 86.0 Å². The number of terminal acetylenes is 1. The van der Waals surface area contributed by atoms with Gasteiger partial charge in [-0.2, -0.15) is 9.97 Å². The number of hydrogen-bond donors (Lipinski definition) is 0. The number of halogens is 4. The molecule has 0 spiro atoms. The second-order valence-corrected chi connectivity index (χ2v) is 21.5. The molecule has 4 saturated heterocycles. The third-order valence-corrected chi connectivity index (χ3v) is 15.7. The van der Waals surface area contributed by atoms with Crippen molar-refractivity contribution in [3.8, 4) is 41.1 Å². The maximum absolute atomic E-state index is 18.5. The lowest BCUT2D eigenvalue weighted by atomic mass is 9.86. The molecule has 2 bridgehead atoms. The largest absolute Gasteiger partial charge is 0.497 e. The SMILES string of the molecule is C#Cc1c(F)ccc2cc(N(Cc3ccc(OC)cc3)Cc3ccc(OC)cc3)nc(-c3c(F)c4c5c(nc(OC[C@@]67CCCN6C[C@H](F)C7)nc5c3F)N3C[C@H]5CC[C@@H]([C@@H]3[C@@H](C)C4)N5C(=O)OC(C)(C)C)c12. The smallest absolute Gasteiger partial charge is 0.410 e. The molecule has 0 radical (unpaired) electrons. The van der Waals surface area contributed by atoms with Crippen molar-refractivity contribution in [3.63, 3.8) is 0 Å². The number of carbonyl (C=O) groups is 1. The molecule has 1 amide bonds. The lowest BCUT2D eigenvalue weighted by Gasteiger charge is -2.49. The molecule has 16 heteroatoms. The monoisotopic (exact) mass is 997 g/mol. The van der Waals surface area contributed by atoms with Crippen molar-refractivity contribution in [3.05, 3.63) is 106 Å². The van der Waals surface area contributed by atoms with E-state index in [0.29, 0.717) is 68.1 Å². The first-order chi connectivity index (χ1) is 35.1. The van der Waals surface area contributed by atoms with Crippen LogP contribution in [0.2, 0.25) is 0 Å². The number of aromatic nitrogens is 3. The van der Waals surface area contributed by atoms with Gasteiger partial charge in [0.1, 0.15) is 58.7 Å². The molecule has 0 aliphatic carbocycles. The topological polar surface area (TPSA) is 106 Å². The van der Waals surface area contributed by atoms with Gasteiger partial charge < -0.3 is 28.7 Å². The fourth-order valence-corrected chi connectivity index (χ4v) is 12.5. The Morgan fingerprint density at radius 2 is 1.60 bits per heavy atom. The highest BCUT2D eigenvalue weighted by Crippen LogP contribution is 2.50. The van der Waals surface area contributed by atoms with Gasteiger partial charge in [-0.25, -0.2) is 27.3 Å². The molecule has 4 aromatic carbocycles. The van der Waals surface area contributed by atoms with Crippen molar-refractivity contribution < 1.29 is 41.3 Å². The van der Waals surface area contributed by atoms with Crippen LogP contribution in [-0.4, -0.2) is 107 Å². The third kappa shape index (κ3) is 8.56. The molecule has 4 fully saturated rings. The number of rotatable bonds is 11.